The molecule has 2 aromatic carbocycles. The SMILES string of the molecule is Cc1ccc2cc(N(C)C(=O)C3CCNC3)ccc2c1. The maximum Gasteiger partial charge on any atom is 0.231 e. The monoisotopic (exact) mass is 268 g/mol. The highest BCUT2D eigenvalue weighted by Crippen LogP contribution is 2.24. The van der Waals surface area contributed by atoms with Gasteiger partial charge in [0.2, 0.25) is 5.91 Å². The quantitative estimate of drug-likeness (QED) is 0.908. The summed E-state index contributed by atoms with van der Waals surface area (Å²) >= 11 is 0. The van der Waals surface area contributed by atoms with Gasteiger partial charge in [0.1, 0.15) is 0 Å². The Morgan fingerprint density at radius 2 is 1.95 bits per heavy atom. The number of aryl methyl sites for hydroxylation is 1. The van der Waals surface area contributed by atoms with Gasteiger partial charge >= 0.3 is 0 Å². The zero-order valence-electron chi connectivity index (χ0n) is 12.0. The summed E-state index contributed by atoms with van der Waals surface area (Å²) in [5.74, 6) is 0.329. The molecular formula is C17H20N2O. The standard InChI is InChI=1S/C17H20N2O/c1-12-3-4-14-10-16(6-5-13(14)9-12)19(2)17(20)15-7-8-18-11-15/h3-6,9-10,15,18H,7-8,11H2,1-2H3. The van der Waals surface area contributed by atoms with Crippen molar-refractivity contribution in [1.82, 2.24) is 5.32 Å². The lowest BCUT2D eigenvalue weighted by molar-refractivity contribution is -0.121. The van der Waals surface area contributed by atoms with Gasteiger partial charge in [-0.15, -0.1) is 0 Å². The van der Waals surface area contributed by atoms with E-state index in [0.717, 1.165) is 25.2 Å². The fourth-order valence-corrected chi connectivity index (χ4v) is 2.83. The van der Waals surface area contributed by atoms with Crippen molar-refractivity contribution < 1.29 is 4.79 Å². The molecule has 1 N–H and O–H groups in total. The Morgan fingerprint density at radius 3 is 2.70 bits per heavy atom. The average molecular weight is 268 g/mol. The van der Waals surface area contributed by atoms with E-state index < -0.39 is 0 Å². The van der Waals surface area contributed by atoms with Crippen LogP contribution in [0.4, 0.5) is 5.69 Å². The molecule has 3 heteroatoms. The zero-order valence-corrected chi connectivity index (χ0v) is 12.0. The van der Waals surface area contributed by atoms with Crippen molar-refractivity contribution in [1.29, 1.82) is 0 Å². The lowest BCUT2D eigenvalue weighted by Gasteiger charge is -2.21. The molecule has 1 aliphatic heterocycles. The van der Waals surface area contributed by atoms with Gasteiger partial charge in [-0.1, -0.05) is 29.8 Å². The van der Waals surface area contributed by atoms with Crippen molar-refractivity contribution >= 4 is 22.4 Å². The van der Waals surface area contributed by atoms with Crippen molar-refractivity contribution in [2.75, 3.05) is 25.0 Å². The molecule has 2 aromatic rings. The lowest BCUT2D eigenvalue weighted by atomic mass is 10.0. The van der Waals surface area contributed by atoms with Gasteiger partial charge < -0.3 is 10.2 Å². The Hall–Kier alpha value is -1.87. The molecule has 1 fully saturated rings. The third-order valence-electron chi connectivity index (χ3n) is 4.11. The summed E-state index contributed by atoms with van der Waals surface area (Å²) in [5, 5.41) is 5.65. The maximum absolute atomic E-state index is 12.4. The minimum absolute atomic E-state index is 0.119. The van der Waals surface area contributed by atoms with Gasteiger partial charge in [-0.3, -0.25) is 4.79 Å². The van der Waals surface area contributed by atoms with Crippen molar-refractivity contribution in [3.8, 4) is 0 Å². The Morgan fingerprint density at radius 1 is 1.20 bits per heavy atom. The second-order valence-electron chi connectivity index (χ2n) is 5.62. The number of rotatable bonds is 2. The Kier molecular flexibility index (Phi) is 3.45. The van der Waals surface area contributed by atoms with Crippen LogP contribution in [0.15, 0.2) is 36.4 Å². The van der Waals surface area contributed by atoms with Crippen molar-refractivity contribution in [2.24, 2.45) is 5.92 Å². The molecular weight excluding hydrogens is 248 g/mol. The van der Waals surface area contributed by atoms with Crippen LogP contribution < -0.4 is 10.2 Å². The molecule has 0 aliphatic carbocycles. The largest absolute Gasteiger partial charge is 0.316 e. The molecule has 1 unspecified atom stereocenters. The van der Waals surface area contributed by atoms with Gasteiger partial charge in [0, 0.05) is 19.3 Å². The number of carbonyl (C=O) groups excluding carboxylic acids is 1. The van der Waals surface area contributed by atoms with E-state index in [1.54, 1.807) is 4.90 Å². The molecule has 104 valence electrons. The van der Waals surface area contributed by atoms with Gasteiger partial charge in [0.25, 0.3) is 0 Å². The first kappa shape index (κ1) is 13.1. The topological polar surface area (TPSA) is 32.3 Å². The third kappa shape index (κ3) is 2.41. The minimum Gasteiger partial charge on any atom is -0.316 e. The second-order valence-corrected chi connectivity index (χ2v) is 5.62. The van der Waals surface area contributed by atoms with Gasteiger partial charge in [-0.05, 0) is 42.8 Å². The molecule has 1 atom stereocenters. The average Bonchev–Trinajstić information content (AvgIpc) is 2.99. The summed E-state index contributed by atoms with van der Waals surface area (Å²) in [6.45, 7) is 3.84. The molecule has 1 amide bonds. The number of anilines is 1. The highest BCUT2D eigenvalue weighted by atomic mass is 16.2. The first-order chi connectivity index (χ1) is 9.65. The zero-order chi connectivity index (χ0) is 14.1. The van der Waals surface area contributed by atoms with E-state index >= 15 is 0 Å². The molecule has 3 nitrogen and oxygen atoms in total. The van der Waals surface area contributed by atoms with Crippen molar-refractivity contribution in [3.63, 3.8) is 0 Å². The molecule has 1 aliphatic rings. The molecule has 3 rings (SSSR count). The Balaban J connectivity index is 1.89. The number of hydrogen-bond acceptors (Lipinski definition) is 2. The Labute approximate surface area is 119 Å². The van der Waals surface area contributed by atoms with Gasteiger partial charge in [-0.25, -0.2) is 0 Å². The normalized spacial score (nSPS) is 18.4. The van der Waals surface area contributed by atoms with E-state index in [1.807, 2.05) is 13.1 Å². The summed E-state index contributed by atoms with van der Waals surface area (Å²) < 4.78 is 0. The van der Waals surface area contributed by atoms with Crippen LogP contribution in [0.1, 0.15) is 12.0 Å². The Bertz CT molecular complexity index is 644. The molecule has 0 radical (unpaired) electrons. The predicted octanol–water partition coefficient (Wildman–Crippen LogP) is 2.72. The molecule has 1 saturated heterocycles. The fraction of sp³-hybridized carbons (Fsp3) is 0.353. The first-order valence-corrected chi connectivity index (χ1v) is 7.14. The van der Waals surface area contributed by atoms with E-state index in [2.05, 4.69) is 42.6 Å². The predicted molar refractivity (Wildman–Crippen MR) is 83.1 cm³/mol. The van der Waals surface area contributed by atoms with Crippen LogP contribution in [0.25, 0.3) is 10.8 Å². The highest BCUT2D eigenvalue weighted by Gasteiger charge is 2.25. The summed E-state index contributed by atoms with van der Waals surface area (Å²) in [4.78, 5) is 14.2. The number of carbonyl (C=O) groups is 1. The second kappa shape index (κ2) is 5.25. The molecule has 20 heavy (non-hydrogen) atoms. The van der Waals surface area contributed by atoms with Crippen LogP contribution in [-0.4, -0.2) is 26.0 Å². The summed E-state index contributed by atoms with van der Waals surface area (Å²) in [5.41, 5.74) is 2.23. The van der Waals surface area contributed by atoms with E-state index in [0.29, 0.717) is 0 Å². The fourth-order valence-electron chi connectivity index (χ4n) is 2.83. The maximum atomic E-state index is 12.4. The molecule has 0 aromatic heterocycles. The van der Waals surface area contributed by atoms with Gasteiger partial charge in [-0.2, -0.15) is 0 Å². The van der Waals surface area contributed by atoms with Crippen molar-refractivity contribution in [3.05, 3.63) is 42.0 Å². The summed E-state index contributed by atoms with van der Waals surface area (Å²) in [7, 11) is 1.87. The summed E-state index contributed by atoms with van der Waals surface area (Å²) in [6.07, 6.45) is 0.940. The van der Waals surface area contributed by atoms with Crippen molar-refractivity contribution in [2.45, 2.75) is 13.3 Å². The molecule has 1 heterocycles. The molecule has 0 spiro atoms. The molecule has 0 bridgehead atoms. The third-order valence-corrected chi connectivity index (χ3v) is 4.11. The number of nitrogens with one attached hydrogen (secondary N) is 1. The van der Waals surface area contributed by atoms with Crippen LogP contribution in [0, 0.1) is 12.8 Å². The number of benzene rings is 2. The highest BCUT2D eigenvalue weighted by molar-refractivity contribution is 5.97. The van der Waals surface area contributed by atoms with E-state index in [4.69, 9.17) is 0 Å². The van der Waals surface area contributed by atoms with Crippen LogP contribution >= 0.6 is 0 Å². The van der Waals surface area contributed by atoms with E-state index in [-0.39, 0.29) is 11.8 Å². The lowest BCUT2D eigenvalue weighted by Crippen LogP contribution is -2.33. The van der Waals surface area contributed by atoms with Crippen LogP contribution in [0.5, 0.6) is 0 Å². The smallest absolute Gasteiger partial charge is 0.231 e. The van der Waals surface area contributed by atoms with Crippen LogP contribution in [-0.2, 0) is 4.79 Å². The first-order valence-electron chi connectivity index (χ1n) is 7.14. The van der Waals surface area contributed by atoms with Gasteiger partial charge in [0.05, 0.1) is 5.92 Å². The number of hydrogen-bond donors (Lipinski definition) is 1. The van der Waals surface area contributed by atoms with Gasteiger partial charge in [0.15, 0.2) is 0 Å². The number of nitrogens with zero attached hydrogens (tertiary/aromatic N) is 1. The van der Waals surface area contributed by atoms with Crippen LogP contribution in [0.2, 0.25) is 0 Å². The number of amides is 1. The van der Waals surface area contributed by atoms with E-state index in [9.17, 15) is 4.79 Å². The van der Waals surface area contributed by atoms with E-state index in [1.165, 1.54) is 16.3 Å². The van der Waals surface area contributed by atoms with Crippen LogP contribution in [0.3, 0.4) is 0 Å². The minimum atomic E-state index is 0.119. The molecule has 0 saturated carbocycles. The summed E-state index contributed by atoms with van der Waals surface area (Å²) in [6, 6.07) is 12.6. The number of fused-ring (bicyclic) bond motifs is 1.